The second-order valence-electron chi connectivity index (χ2n) is 4.26. The number of carbonyl (C=O) groups is 1. The normalized spacial score (nSPS) is 12.2. The lowest BCUT2D eigenvalue weighted by Gasteiger charge is -2.15. The molecule has 0 aromatic carbocycles. The van der Waals surface area contributed by atoms with Crippen LogP contribution in [0.2, 0.25) is 5.15 Å². The SMILES string of the molecule is Cc1nc(Cl)c(C=O)c(NC(C)c2ccc(C)s2)n1. The smallest absolute Gasteiger partial charge is 0.156 e. The molecular formula is C13H14ClN3OS. The summed E-state index contributed by atoms with van der Waals surface area (Å²) in [6.45, 7) is 5.82. The van der Waals surface area contributed by atoms with Gasteiger partial charge in [-0.15, -0.1) is 11.3 Å². The van der Waals surface area contributed by atoms with E-state index in [0.717, 1.165) is 0 Å². The molecule has 2 aromatic rings. The van der Waals surface area contributed by atoms with Crippen molar-refractivity contribution in [3.05, 3.63) is 38.4 Å². The van der Waals surface area contributed by atoms with Gasteiger partial charge in [0.05, 0.1) is 11.6 Å². The van der Waals surface area contributed by atoms with Gasteiger partial charge in [0.1, 0.15) is 16.8 Å². The minimum atomic E-state index is 0.0581. The summed E-state index contributed by atoms with van der Waals surface area (Å²) in [6.07, 6.45) is 0.677. The van der Waals surface area contributed by atoms with Gasteiger partial charge in [-0.2, -0.15) is 0 Å². The van der Waals surface area contributed by atoms with Crippen molar-refractivity contribution in [3.63, 3.8) is 0 Å². The van der Waals surface area contributed by atoms with E-state index < -0.39 is 0 Å². The van der Waals surface area contributed by atoms with Gasteiger partial charge in [-0.25, -0.2) is 9.97 Å². The summed E-state index contributed by atoms with van der Waals surface area (Å²) in [5, 5.41) is 3.40. The fourth-order valence-electron chi connectivity index (χ4n) is 1.72. The number of carbonyl (C=O) groups excluding carboxylic acids is 1. The minimum Gasteiger partial charge on any atom is -0.362 e. The zero-order valence-electron chi connectivity index (χ0n) is 10.9. The lowest BCUT2D eigenvalue weighted by molar-refractivity contribution is 0.112. The first-order valence-corrected chi connectivity index (χ1v) is 7.03. The van der Waals surface area contributed by atoms with E-state index >= 15 is 0 Å². The third-order valence-electron chi connectivity index (χ3n) is 2.67. The molecule has 0 radical (unpaired) electrons. The fourth-order valence-corrected chi connectivity index (χ4v) is 2.86. The van der Waals surface area contributed by atoms with Crippen LogP contribution in [0, 0.1) is 13.8 Å². The zero-order valence-corrected chi connectivity index (χ0v) is 12.5. The van der Waals surface area contributed by atoms with Crippen molar-refractivity contribution in [2.45, 2.75) is 26.8 Å². The van der Waals surface area contributed by atoms with Gasteiger partial charge in [0.25, 0.3) is 0 Å². The van der Waals surface area contributed by atoms with Gasteiger partial charge in [-0.05, 0) is 32.9 Å². The maximum absolute atomic E-state index is 11.1. The Morgan fingerprint density at radius 3 is 2.68 bits per heavy atom. The van der Waals surface area contributed by atoms with Gasteiger partial charge in [-0.1, -0.05) is 11.6 Å². The van der Waals surface area contributed by atoms with Crippen LogP contribution in [0.4, 0.5) is 5.82 Å². The second kappa shape index (κ2) is 5.67. The predicted molar refractivity (Wildman–Crippen MR) is 78.3 cm³/mol. The summed E-state index contributed by atoms with van der Waals surface area (Å²) >= 11 is 7.66. The van der Waals surface area contributed by atoms with Crippen LogP contribution in [0.15, 0.2) is 12.1 Å². The molecule has 100 valence electrons. The fraction of sp³-hybridized carbons (Fsp3) is 0.308. The summed E-state index contributed by atoms with van der Waals surface area (Å²) in [5.74, 6) is 1.01. The minimum absolute atomic E-state index is 0.0581. The summed E-state index contributed by atoms with van der Waals surface area (Å²) in [4.78, 5) is 21.7. The first-order chi connectivity index (χ1) is 9.01. The van der Waals surface area contributed by atoms with Crippen molar-refractivity contribution < 1.29 is 4.79 Å². The van der Waals surface area contributed by atoms with E-state index in [-0.39, 0.29) is 11.2 Å². The van der Waals surface area contributed by atoms with Gasteiger partial charge >= 0.3 is 0 Å². The number of nitrogens with one attached hydrogen (secondary N) is 1. The third kappa shape index (κ3) is 3.11. The van der Waals surface area contributed by atoms with E-state index in [2.05, 4.69) is 34.3 Å². The summed E-state index contributed by atoms with van der Waals surface area (Å²) in [7, 11) is 0. The molecule has 6 heteroatoms. The summed E-state index contributed by atoms with van der Waals surface area (Å²) in [6, 6.07) is 4.19. The largest absolute Gasteiger partial charge is 0.362 e. The van der Waals surface area contributed by atoms with Crippen LogP contribution in [0.1, 0.15) is 38.9 Å². The molecule has 0 saturated carbocycles. The molecule has 1 unspecified atom stereocenters. The van der Waals surface area contributed by atoms with Gasteiger partial charge in [0, 0.05) is 9.75 Å². The molecule has 0 aliphatic carbocycles. The van der Waals surface area contributed by atoms with Crippen LogP contribution < -0.4 is 5.32 Å². The maximum Gasteiger partial charge on any atom is 0.156 e. The number of hydrogen-bond acceptors (Lipinski definition) is 5. The number of aldehydes is 1. The van der Waals surface area contributed by atoms with Crippen molar-refractivity contribution in [1.82, 2.24) is 9.97 Å². The van der Waals surface area contributed by atoms with Crippen molar-refractivity contribution in [2.24, 2.45) is 0 Å². The highest BCUT2D eigenvalue weighted by Crippen LogP contribution is 2.27. The van der Waals surface area contributed by atoms with Crippen molar-refractivity contribution >= 4 is 35.0 Å². The van der Waals surface area contributed by atoms with E-state index in [1.807, 2.05) is 6.92 Å². The Balaban J connectivity index is 2.30. The molecule has 19 heavy (non-hydrogen) atoms. The first-order valence-electron chi connectivity index (χ1n) is 5.83. The molecule has 0 bridgehead atoms. The molecule has 4 nitrogen and oxygen atoms in total. The lowest BCUT2D eigenvalue weighted by atomic mass is 10.2. The number of halogens is 1. The average Bonchev–Trinajstić information content (AvgIpc) is 2.75. The molecule has 2 rings (SSSR count). The third-order valence-corrected chi connectivity index (χ3v) is 4.14. The standard InChI is InChI=1S/C13H14ClN3OS/c1-7-4-5-11(19-7)8(2)15-13-10(6-18)12(14)16-9(3)17-13/h4-6,8H,1-3H3,(H,15,16,17). The van der Waals surface area contributed by atoms with Crippen LogP contribution >= 0.6 is 22.9 Å². The Kier molecular flexibility index (Phi) is 4.17. The molecule has 0 amide bonds. The molecular weight excluding hydrogens is 282 g/mol. The van der Waals surface area contributed by atoms with Crippen LogP contribution in [-0.2, 0) is 0 Å². The van der Waals surface area contributed by atoms with Crippen molar-refractivity contribution in [2.75, 3.05) is 5.32 Å². The van der Waals surface area contributed by atoms with Crippen molar-refractivity contribution in [1.29, 1.82) is 0 Å². The van der Waals surface area contributed by atoms with Crippen LogP contribution in [-0.4, -0.2) is 16.3 Å². The van der Waals surface area contributed by atoms with Gasteiger partial charge in [-0.3, -0.25) is 4.79 Å². The predicted octanol–water partition coefficient (Wildman–Crippen LogP) is 3.79. The Bertz CT molecular complexity index is 612. The second-order valence-corrected chi connectivity index (χ2v) is 5.93. The topological polar surface area (TPSA) is 54.9 Å². The maximum atomic E-state index is 11.1. The average molecular weight is 296 g/mol. The molecule has 0 spiro atoms. The number of anilines is 1. The quantitative estimate of drug-likeness (QED) is 0.688. The molecule has 2 heterocycles. The highest BCUT2D eigenvalue weighted by Gasteiger charge is 2.15. The zero-order chi connectivity index (χ0) is 14.0. The first kappa shape index (κ1) is 14.0. The van der Waals surface area contributed by atoms with Crippen LogP contribution in [0.25, 0.3) is 0 Å². The van der Waals surface area contributed by atoms with E-state index in [4.69, 9.17) is 11.6 Å². The number of rotatable bonds is 4. The Hall–Kier alpha value is -1.46. The molecule has 0 aliphatic rings. The van der Waals surface area contributed by atoms with E-state index in [0.29, 0.717) is 23.5 Å². The lowest BCUT2D eigenvalue weighted by Crippen LogP contribution is -2.10. The molecule has 1 N–H and O–H groups in total. The van der Waals surface area contributed by atoms with E-state index in [9.17, 15) is 4.79 Å². The molecule has 0 aliphatic heterocycles. The molecule has 1 atom stereocenters. The van der Waals surface area contributed by atoms with Gasteiger partial charge < -0.3 is 5.32 Å². The molecule has 2 aromatic heterocycles. The van der Waals surface area contributed by atoms with E-state index in [1.54, 1.807) is 18.3 Å². The highest BCUT2D eigenvalue weighted by molar-refractivity contribution is 7.12. The van der Waals surface area contributed by atoms with Gasteiger partial charge in [0.2, 0.25) is 0 Å². The van der Waals surface area contributed by atoms with Crippen LogP contribution in [0.5, 0.6) is 0 Å². The Morgan fingerprint density at radius 1 is 1.37 bits per heavy atom. The number of hydrogen-bond donors (Lipinski definition) is 1. The van der Waals surface area contributed by atoms with Crippen molar-refractivity contribution in [3.8, 4) is 0 Å². The Morgan fingerprint density at radius 2 is 2.11 bits per heavy atom. The summed E-state index contributed by atoms with van der Waals surface area (Å²) < 4.78 is 0. The van der Waals surface area contributed by atoms with Crippen LogP contribution in [0.3, 0.4) is 0 Å². The number of nitrogens with zero attached hydrogens (tertiary/aromatic N) is 2. The molecule has 0 fully saturated rings. The number of aromatic nitrogens is 2. The van der Waals surface area contributed by atoms with Gasteiger partial charge in [0.15, 0.2) is 6.29 Å². The molecule has 0 saturated heterocycles. The number of aryl methyl sites for hydroxylation is 2. The monoisotopic (exact) mass is 295 g/mol. The Labute approximate surface area is 120 Å². The summed E-state index contributed by atoms with van der Waals surface area (Å²) in [5.41, 5.74) is 0.299. The highest BCUT2D eigenvalue weighted by atomic mass is 35.5. The number of thiophene rings is 1. The van der Waals surface area contributed by atoms with E-state index in [1.165, 1.54) is 9.75 Å².